The number of fused-ring (bicyclic) bond motifs is 3. The molecule has 1 heteroatoms. The van der Waals surface area contributed by atoms with Crippen LogP contribution in [0.3, 0.4) is 0 Å². The summed E-state index contributed by atoms with van der Waals surface area (Å²) in [5.41, 5.74) is 7.26. The van der Waals surface area contributed by atoms with E-state index >= 15 is 0 Å². The Morgan fingerprint density at radius 1 is 0.895 bits per heavy atom. The van der Waals surface area contributed by atoms with E-state index in [4.69, 9.17) is 0 Å². The first kappa shape index (κ1) is 10.5. The molecule has 4 rings (SSSR count). The molecule has 0 aromatic heterocycles. The van der Waals surface area contributed by atoms with Gasteiger partial charge >= 0.3 is 0 Å². The molecule has 2 aromatic rings. The van der Waals surface area contributed by atoms with Gasteiger partial charge < -0.3 is 0 Å². The second-order valence-electron chi connectivity index (χ2n) is 4.85. The van der Waals surface area contributed by atoms with Crippen molar-refractivity contribution in [3.05, 3.63) is 72.3 Å². The molecule has 0 atom stereocenters. The van der Waals surface area contributed by atoms with E-state index in [1.807, 2.05) is 6.07 Å². The number of allylic oxidation sites excluding steroid dienone is 4. The van der Waals surface area contributed by atoms with Crippen LogP contribution >= 0.6 is 0 Å². The average Bonchev–Trinajstić information content (AvgIpc) is 2.86. The fraction of sp³-hybridized carbons (Fsp3) is 0.0556. The molecule has 0 amide bonds. The van der Waals surface area contributed by atoms with E-state index < -0.39 is 0 Å². The minimum Gasteiger partial charge on any atom is -0.248 e. The first-order valence-electron chi connectivity index (χ1n) is 6.57. The summed E-state index contributed by atoms with van der Waals surface area (Å²) < 4.78 is 0. The third-order valence-corrected chi connectivity index (χ3v) is 3.64. The lowest BCUT2D eigenvalue weighted by molar-refractivity contribution is 1.39. The van der Waals surface area contributed by atoms with E-state index in [0.717, 1.165) is 17.8 Å². The molecule has 1 nitrogen and oxygen atoms in total. The Balaban J connectivity index is 1.85. The number of benzene rings is 2. The zero-order chi connectivity index (χ0) is 12.7. The zero-order valence-electron chi connectivity index (χ0n) is 10.5. The molecule has 1 aliphatic carbocycles. The highest BCUT2D eigenvalue weighted by molar-refractivity contribution is 6.34. The molecule has 2 aliphatic rings. The monoisotopic (exact) mass is 243 g/mol. The van der Waals surface area contributed by atoms with Crippen LogP contribution in [0.1, 0.15) is 12.0 Å². The lowest BCUT2D eigenvalue weighted by Gasteiger charge is -2.07. The third kappa shape index (κ3) is 1.66. The Hall–Kier alpha value is -2.41. The maximum atomic E-state index is 4.67. The summed E-state index contributed by atoms with van der Waals surface area (Å²) in [6.45, 7) is 0. The number of rotatable bonds is 1. The highest BCUT2D eigenvalue weighted by Gasteiger charge is 2.20. The Labute approximate surface area is 112 Å². The molecule has 1 aliphatic heterocycles. The number of hydrogen-bond acceptors (Lipinski definition) is 1. The van der Waals surface area contributed by atoms with Crippen LogP contribution in [-0.2, 0) is 0 Å². The molecule has 1 heterocycles. The highest BCUT2D eigenvalue weighted by Crippen LogP contribution is 2.39. The van der Waals surface area contributed by atoms with Gasteiger partial charge in [-0.3, -0.25) is 0 Å². The summed E-state index contributed by atoms with van der Waals surface area (Å²) >= 11 is 0. The summed E-state index contributed by atoms with van der Waals surface area (Å²) in [6.07, 6.45) is 7.55. The summed E-state index contributed by atoms with van der Waals surface area (Å²) in [5.74, 6) is 0. The fourth-order valence-electron chi connectivity index (χ4n) is 2.69. The minimum absolute atomic E-state index is 1.00. The Morgan fingerprint density at radius 2 is 1.79 bits per heavy atom. The van der Waals surface area contributed by atoms with Crippen LogP contribution in [0, 0.1) is 0 Å². The van der Waals surface area contributed by atoms with Gasteiger partial charge in [0.2, 0.25) is 0 Å². The standard InChI is InChI=1S/C18H13N/c1-2-6-13(7-3-1)14-10-11-18-16(12-14)15-8-4-5-9-17(15)19-18/h1-3,5-12H,4H2. The predicted molar refractivity (Wildman–Crippen MR) is 80.7 cm³/mol. The zero-order valence-corrected chi connectivity index (χ0v) is 10.5. The van der Waals surface area contributed by atoms with E-state index in [9.17, 15) is 0 Å². The summed E-state index contributed by atoms with van der Waals surface area (Å²) in [7, 11) is 0. The van der Waals surface area contributed by atoms with Gasteiger partial charge in [-0.25, -0.2) is 4.99 Å². The van der Waals surface area contributed by atoms with Gasteiger partial charge in [0.25, 0.3) is 0 Å². The van der Waals surface area contributed by atoms with Gasteiger partial charge in [-0.15, -0.1) is 0 Å². The van der Waals surface area contributed by atoms with E-state index in [2.05, 4.69) is 65.7 Å². The van der Waals surface area contributed by atoms with Crippen LogP contribution in [0.15, 0.2) is 71.8 Å². The number of hydrogen-bond donors (Lipinski definition) is 0. The van der Waals surface area contributed by atoms with Crippen molar-refractivity contribution in [2.24, 2.45) is 4.99 Å². The second kappa shape index (κ2) is 4.06. The number of nitrogens with zero attached hydrogens (tertiary/aromatic N) is 1. The normalized spacial score (nSPS) is 15.6. The van der Waals surface area contributed by atoms with Crippen molar-refractivity contribution in [1.82, 2.24) is 0 Å². The van der Waals surface area contributed by atoms with Gasteiger partial charge in [-0.2, -0.15) is 0 Å². The van der Waals surface area contributed by atoms with Crippen molar-refractivity contribution in [3.63, 3.8) is 0 Å². The molecule has 0 saturated heterocycles. The van der Waals surface area contributed by atoms with E-state index in [0.29, 0.717) is 0 Å². The molecular formula is C18H13N. The molecule has 0 N–H and O–H groups in total. The Bertz CT molecular complexity index is 734. The van der Waals surface area contributed by atoms with E-state index in [1.165, 1.54) is 22.3 Å². The quantitative estimate of drug-likeness (QED) is 0.683. The molecule has 0 radical (unpaired) electrons. The SMILES string of the molecule is C1=CC2=Nc3ccc(-c4ccccc4)cc3C2=CC1. The second-order valence-corrected chi connectivity index (χ2v) is 4.85. The topological polar surface area (TPSA) is 12.4 Å². The van der Waals surface area contributed by atoms with Crippen molar-refractivity contribution >= 4 is 17.0 Å². The lowest BCUT2D eigenvalue weighted by Crippen LogP contribution is -1.96. The molecule has 0 fully saturated rings. The van der Waals surface area contributed by atoms with Crippen LogP contribution in [0.2, 0.25) is 0 Å². The van der Waals surface area contributed by atoms with Crippen LogP contribution in [0.5, 0.6) is 0 Å². The first-order valence-corrected chi connectivity index (χ1v) is 6.57. The maximum Gasteiger partial charge on any atom is 0.0716 e. The highest BCUT2D eigenvalue weighted by atomic mass is 14.8. The van der Waals surface area contributed by atoms with E-state index in [-0.39, 0.29) is 0 Å². The molecule has 0 saturated carbocycles. The third-order valence-electron chi connectivity index (χ3n) is 3.64. The van der Waals surface area contributed by atoms with Crippen LogP contribution in [0.4, 0.5) is 5.69 Å². The maximum absolute atomic E-state index is 4.67. The van der Waals surface area contributed by atoms with Gasteiger partial charge in [-0.1, -0.05) is 48.6 Å². The largest absolute Gasteiger partial charge is 0.248 e. The van der Waals surface area contributed by atoms with E-state index in [1.54, 1.807) is 0 Å². The molecule has 2 aromatic carbocycles. The fourth-order valence-corrected chi connectivity index (χ4v) is 2.69. The van der Waals surface area contributed by atoms with Crippen LogP contribution in [-0.4, -0.2) is 5.71 Å². The molecule has 90 valence electrons. The molecule has 0 spiro atoms. The van der Waals surface area contributed by atoms with Gasteiger partial charge in [-0.05, 0) is 35.8 Å². The average molecular weight is 243 g/mol. The van der Waals surface area contributed by atoms with Crippen molar-refractivity contribution in [2.45, 2.75) is 6.42 Å². The van der Waals surface area contributed by atoms with Crippen molar-refractivity contribution in [1.29, 1.82) is 0 Å². The minimum atomic E-state index is 1.00. The molecule has 0 unspecified atom stereocenters. The summed E-state index contributed by atoms with van der Waals surface area (Å²) in [6, 6.07) is 17.0. The van der Waals surface area contributed by atoms with Crippen molar-refractivity contribution in [2.75, 3.05) is 0 Å². The first-order chi connectivity index (χ1) is 9.42. The predicted octanol–water partition coefficient (Wildman–Crippen LogP) is 4.78. The number of aliphatic imine (C=N–C) groups is 1. The smallest absolute Gasteiger partial charge is 0.0716 e. The van der Waals surface area contributed by atoms with Crippen LogP contribution < -0.4 is 0 Å². The molecule has 0 bridgehead atoms. The Morgan fingerprint density at radius 3 is 2.68 bits per heavy atom. The summed E-state index contributed by atoms with van der Waals surface area (Å²) in [4.78, 5) is 4.67. The van der Waals surface area contributed by atoms with Gasteiger partial charge in [0.05, 0.1) is 11.4 Å². The molecular weight excluding hydrogens is 230 g/mol. The van der Waals surface area contributed by atoms with Crippen molar-refractivity contribution in [3.8, 4) is 11.1 Å². The molecule has 19 heavy (non-hydrogen) atoms. The van der Waals surface area contributed by atoms with Gasteiger partial charge in [0.1, 0.15) is 0 Å². The lowest BCUT2D eigenvalue weighted by atomic mass is 9.95. The Kier molecular flexibility index (Phi) is 2.25. The van der Waals surface area contributed by atoms with Crippen LogP contribution in [0.25, 0.3) is 16.7 Å². The summed E-state index contributed by atoms with van der Waals surface area (Å²) in [5, 5.41) is 0. The van der Waals surface area contributed by atoms with Gasteiger partial charge in [0.15, 0.2) is 0 Å². The van der Waals surface area contributed by atoms with Gasteiger partial charge in [0, 0.05) is 11.1 Å². The van der Waals surface area contributed by atoms with Crippen molar-refractivity contribution < 1.29 is 0 Å².